The average Bonchev–Trinajstić information content (AvgIpc) is 2.72. The van der Waals surface area contributed by atoms with Crippen molar-refractivity contribution in [3.63, 3.8) is 0 Å². The van der Waals surface area contributed by atoms with Crippen molar-refractivity contribution in [3.8, 4) is 11.8 Å². The molecule has 1 nitrogen and oxygen atoms in total. The zero-order valence-corrected chi connectivity index (χ0v) is 15.1. The second kappa shape index (κ2) is 8.74. The summed E-state index contributed by atoms with van der Waals surface area (Å²) >= 11 is 0. The molecule has 0 heterocycles. The van der Waals surface area contributed by atoms with Crippen molar-refractivity contribution in [3.05, 3.63) is 114 Å². The normalized spacial score (nSPS) is 11.1. The van der Waals surface area contributed by atoms with Crippen LogP contribution in [0.25, 0.3) is 5.70 Å². The summed E-state index contributed by atoms with van der Waals surface area (Å²) < 4.78 is 0. The summed E-state index contributed by atoms with van der Waals surface area (Å²) in [5, 5.41) is 3.44. The molecular weight excluding hydrogens is 314 g/mol. The Bertz CT molecular complexity index is 897. The SMILES string of the molecule is C=C(NC[C@H](C)c1ccccc1)c1ccc(C#Cc2ccccc2)cc1. The summed E-state index contributed by atoms with van der Waals surface area (Å²) in [4.78, 5) is 0. The van der Waals surface area contributed by atoms with Crippen LogP contribution in [0.5, 0.6) is 0 Å². The Hall–Kier alpha value is -3.24. The summed E-state index contributed by atoms with van der Waals surface area (Å²) in [6.07, 6.45) is 0. The second-order valence-electron chi connectivity index (χ2n) is 6.36. The van der Waals surface area contributed by atoms with Crippen LogP contribution in [-0.4, -0.2) is 6.54 Å². The van der Waals surface area contributed by atoms with Gasteiger partial charge in [0.1, 0.15) is 0 Å². The van der Waals surface area contributed by atoms with Crippen molar-refractivity contribution in [2.45, 2.75) is 12.8 Å². The summed E-state index contributed by atoms with van der Waals surface area (Å²) in [6.45, 7) is 7.25. The molecule has 0 aromatic heterocycles. The van der Waals surface area contributed by atoms with Gasteiger partial charge in [-0.05, 0) is 41.3 Å². The highest BCUT2D eigenvalue weighted by molar-refractivity contribution is 5.62. The first-order valence-corrected chi connectivity index (χ1v) is 8.87. The van der Waals surface area contributed by atoms with Gasteiger partial charge in [0.2, 0.25) is 0 Å². The molecule has 0 saturated heterocycles. The molecule has 0 amide bonds. The third-order valence-electron chi connectivity index (χ3n) is 4.35. The second-order valence-corrected chi connectivity index (χ2v) is 6.36. The minimum absolute atomic E-state index is 0.434. The zero-order valence-electron chi connectivity index (χ0n) is 15.1. The van der Waals surface area contributed by atoms with Gasteiger partial charge in [0.05, 0.1) is 0 Å². The molecule has 0 spiro atoms. The summed E-state index contributed by atoms with van der Waals surface area (Å²) in [5.74, 6) is 6.81. The van der Waals surface area contributed by atoms with Crippen LogP contribution in [-0.2, 0) is 0 Å². The maximum Gasteiger partial charge on any atom is 0.0340 e. The third-order valence-corrected chi connectivity index (χ3v) is 4.35. The van der Waals surface area contributed by atoms with Crippen molar-refractivity contribution in [2.24, 2.45) is 0 Å². The van der Waals surface area contributed by atoms with Gasteiger partial charge in [-0.1, -0.05) is 86.0 Å². The van der Waals surface area contributed by atoms with Gasteiger partial charge in [0.15, 0.2) is 0 Å². The van der Waals surface area contributed by atoms with Gasteiger partial charge in [-0.3, -0.25) is 0 Å². The minimum Gasteiger partial charge on any atom is -0.384 e. The van der Waals surface area contributed by atoms with E-state index in [0.717, 1.165) is 28.9 Å². The first-order valence-electron chi connectivity index (χ1n) is 8.87. The Morgan fingerprint density at radius 2 is 1.35 bits per heavy atom. The molecule has 3 rings (SSSR count). The molecule has 3 aromatic carbocycles. The van der Waals surface area contributed by atoms with Crippen LogP contribution in [0.15, 0.2) is 91.5 Å². The fourth-order valence-electron chi connectivity index (χ4n) is 2.70. The maximum atomic E-state index is 4.17. The zero-order chi connectivity index (χ0) is 18.2. The van der Waals surface area contributed by atoms with E-state index >= 15 is 0 Å². The van der Waals surface area contributed by atoms with Crippen molar-refractivity contribution in [1.82, 2.24) is 5.32 Å². The first-order chi connectivity index (χ1) is 12.7. The average molecular weight is 337 g/mol. The molecule has 3 aromatic rings. The lowest BCUT2D eigenvalue weighted by Gasteiger charge is -2.15. The number of benzene rings is 3. The van der Waals surface area contributed by atoms with Gasteiger partial charge in [0, 0.05) is 23.4 Å². The molecule has 0 bridgehead atoms. The number of hydrogen-bond donors (Lipinski definition) is 1. The van der Waals surface area contributed by atoms with E-state index in [0.29, 0.717) is 5.92 Å². The van der Waals surface area contributed by atoms with Crippen LogP contribution in [0.2, 0.25) is 0 Å². The van der Waals surface area contributed by atoms with E-state index in [2.05, 4.69) is 67.1 Å². The molecule has 0 unspecified atom stereocenters. The molecule has 1 heteroatoms. The molecule has 0 radical (unpaired) electrons. The Morgan fingerprint density at radius 3 is 1.96 bits per heavy atom. The molecular formula is C25H23N. The topological polar surface area (TPSA) is 12.0 Å². The number of rotatable bonds is 5. The highest BCUT2D eigenvalue weighted by Gasteiger charge is 2.05. The van der Waals surface area contributed by atoms with E-state index in [1.807, 2.05) is 48.5 Å². The Balaban J connectivity index is 1.58. The standard InChI is InChI=1S/C25H23N/c1-20(24-11-7-4-8-12-24)19-26-21(2)25-17-15-23(16-18-25)14-13-22-9-5-3-6-10-22/h3-12,15-18,20,26H,2,19H2,1H3/t20-/m0/s1. The molecule has 0 aliphatic rings. The Morgan fingerprint density at radius 1 is 0.808 bits per heavy atom. The third kappa shape index (κ3) is 4.88. The van der Waals surface area contributed by atoms with Gasteiger partial charge in [-0.25, -0.2) is 0 Å². The maximum absolute atomic E-state index is 4.17. The minimum atomic E-state index is 0.434. The van der Waals surface area contributed by atoms with Crippen LogP contribution in [0, 0.1) is 11.8 Å². The van der Waals surface area contributed by atoms with Crippen LogP contribution in [0.3, 0.4) is 0 Å². The molecule has 0 aliphatic carbocycles. The predicted octanol–water partition coefficient (Wildman–Crippen LogP) is 5.45. The Labute approximate surface area is 156 Å². The fourth-order valence-corrected chi connectivity index (χ4v) is 2.70. The Kier molecular flexibility index (Phi) is 5.91. The van der Waals surface area contributed by atoms with E-state index in [1.54, 1.807) is 0 Å². The van der Waals surface area contributed by atoms with Gasteiger partial charge >= 0.3 is 0 Å². The van der Waals surface area contributed by atoms with Crippen molar-refractivity contribution < 1.29 is 0 Å². The van der Waals surface area contributed by atoms with E-state index in [1.165, 1.54) is 5.56 Å². The smallest absolute Gasteiger partial charge is 0.0340 e. The van der Waals surface area contributed by atoms with Gasteiger partial charge in [-0.15, -0.1) is 0 Å². The highest BCUT2D eigenvalue weighted by Crippen LogP contribution is 2.16. The largest absolute Gasteiger partial charge is 0.384 e. The number of nitrogens with one attached hydrogen (secondary N) is 1. The summed E-state index contributed by atoms with van der Waals surface area (Å²) in [5.41, 5.74) is 5.39. The van der Waals surface area contributed by atoms with Crippen molar-refractivity contribution >= 4 is 5.70 Å². The van der Waals surface area contributed by atoms with Crippen molar-refractivity contribution in [1.29, 1.82) is 0 Å². The van der Waals surface area contributed by atoms with E-state index in [9.17, 15) is 0 Å². The van der Waals surface area contributed by atoms with E-state index in [4.69, 9.17) is 0 Å². The van der Waals surface area contributed by atoms with Crippen LogP contribution in [0.1, 0.15) is 35.1 Å². The van der Waals surface area contributed by atoms with Crippen LogP contribution in [0.4, 0.5) is 0 Å². The monoisotopic (exact) mass is 337 g/mol. The lowest BCUT2D eigenvalue weighted by molar-refractivity contribution is 0.711. The molecule has 128 valence electrons. The summed E-state index contributed by atoms with van der Waals surface area (Å²) in [7, 11) is 0. The lowest BCUT2D eigenvalue weighted by Crippen LogP contribution is -2.18. The van der Waals surface area contributed by atoms with Crippen molar-refractivity contribution in [2.75, 3.05) is 6.54 Å². The predicted molar refractivity (Wildman–Crippen MR) is 111 cm³/mol. The highest BCUT2D eigenvalue weighted by atomic mass is 14.9. The van der Waals surface area contributed by atoms with Crippen LogP contribution < -0.4 is 5.32 Å². The molecule has 0 fully saturated rings. The first kappa shape index (κ1) is 17.6. The molecule has 0 aliphatic heterocycles. The fraction of sp³-hybridized carbons (Fsp3) is 0.120. The number of hydrogen-bond acceptors (Lipinski definition) is 1. The quantitative estimate of drug-likeness (QED) is 0.610. The van der Waals surface area contributed by atoms with Gasteiger partial charge < -0.3 is 5.32 Å². The lowest BCUT2D eigenvalue weighted by atomic mass is 10.0. The summed E-state index contributed by atoms with van der Waals surface area (Å²) in [6, 6.07) is 28.8. The van der Waals surface area contributed by atoms with Crippen LogP contribution >= 0.6 is 0 Å². The molecule has 26 heavy (non-hydrogen) atoms. The molecule has 1 atom stereocenters. The van der Waals surface area contributed by atoms with Gasteiger partial charge in [-0.2, -0.15) is 0 Å². The van der Waals surface area contributed by atoms with Gasteiger partial charge in [0.25, 0.3) is 0 Å². The van der Waals surface area contributed by atoms with E-state index < -0.39 is 0 Å². The van der Waals surface area contributed by atoms with E-state index in [-0.39, 0.29) is 0 Å². The molecule has 1 N–H and O–H groups in total. The molecule has 0 saturated carbocycles.